The van der Waals surface area contributed by atoms with Crippen molar-refractivity contribution in [3.05, 3.63) is 36.7 Å². The van der Waals surface area contributed by atoms with Crippen LogP contribution in [-0.4, -0.2) is 17.4 Å². The van der Waals surface area contributed by atoms with E-state index in [2.05, 4.69) is 16.9 Å². The fourth-order valence-corrected chi connectivity index (χ4v) is 1.06. The molecule has 0 unspecified atom stereocenters. The second kappa shape index (κ2) is 5.91. The van der Waals surface area contributed by atoms with Gasteiger partial charge in [-0.25, -0.2) is 0 Å². The van der Waals surface area contributed by atoms with Crippen molar-refractivity contribution < 1.29 is 4.79 Å². The van der Waals surface area contributed by atoms with E-state index in [1.165, 1.54) is 0 Å². The van der Waals surface area contributed by atoms with Crippen LogP contribution in [0.2, 0.25) is 0 Å². The normalized spacial score (nSPS) is 13.9. The maximum atomic E-state index is 10.1. The highest BCUT2D eigenvalue weighted by Crippen LogP contribution is 1.95. The van der Waals surface area contributed by atoms with Crippen LogP contribution in [0.3, 0.4) is 0 Å². The number of hydrogen-bond donors (Lipinski definition) is 1. The van der Waals surface area contributed by atoms with Gasteiger partial charge in [0.05, 0.1) is 0 Å². The van der Waals surface area contributed by atoms with Crippen molar-refractivity contribution in [3.8, 4) is 0 Å². The lowest BCUT2D eigenvalue weighted by Gasteiger charge is -1.84. The first-order valence-electron chi connectivity index (χ1n) is 4.62. The largest absolute Gasteiger partial charge is 0.356 e. The van der Waals surface area contributed by atoms with Crippen LogP contribution in [0, 0.1) is 0 Å². The SMILES string of the molecule is C=Cc1ccncc1.O=C1CCCN1. The second-order valence-corrected chi connectivity index (χ2v) is 2.94. The van der Waals surface area contributed by atoms with E-state index < -0.39 is 0 Å². The predicted molar refractivity (Wildman–Crippen MR) is 56.6 cm³/mol. The van der Waals surface area contributed by atoms with E-state index >= 15 is 0 Å². The van der Waals surface area contributed by atoms with Gasteiger partial charge in [0.2, 0.25) is 5.91 Å². The molecule has 14 heavy (non-hydrogen) atoms. The minimum Gasteiger partial charge on any atom is -0.356 e. The van der Waals surface area contributed by atoms with Gasteiger partial charge < -0.3 is 5.32 Å². The molecule has 0 saturated carbocycles. The molecule has 3 nitrogen and oxygen atoms in total. The Kier molecular flexibility index (Phi) is 4.41. The quantitative estimate of drug-likeness (QED) is 0.731. The summed E-state index contributed by atoms with van der Waals surface area (Å²) in [5.41, 5.74) is 1.11. The lowest BCUT2D eigenvalue weighted by Crippen LogP contribution is -2.12. The van der Waals surface area contributed by atoms with Crippen LogP contribution in [-0.2, 0) is 4.79 Å². The summed E-state index contributed by atoms with van der Waals surface area (Å²) in [6.07, 6.45) is 7.05. The third-order valence-corrected chi connectivity index (χ3v) is 1.84. The first-order chi connectivity index (χ1) is 6.83. The van der Waals surface area contributed by atoms with Crippen LogP contribution in [0.15, 0.2) is 31.1 Å². The van der Waals surface area contributed by atoms with Crippen LogP contribution in [0.25, 0.3) is 6.08 Å². The van der Waals surface area contributed by atoms with Gasteiger partial charge in [-0.05, 0) is 24.1 Å². The average molecular weight is 190 g/mol. The molecule has 3 heteroatoms. The summed E-state index contributed by atoms with van der Waals surface area (Å²) in [5.74, 6) is 0.204. The molecular weight excluding hydrogens is 176 g/mol. The number of carbonyl (C=O) groups is 1. The molecule has 0 bridgehead atoms. The Morgan fingerprint density at radius 2 is 2.14 bits per heavy atom. The summed E-state index contributed by atoms with van der Waals surface area (Å²) in [6.45, 7) is 4.49. The van der Waals surface area contributed by atoms with Gasteiger partial charge in [0.25, 0.3) is 0 Å². The molecule has 0 aromatic carbocycles. The maximum Gasteiger partial charge on any atom is 0.220 e. The molecule has 1 aliphatic heterocycles. The number of pyridine rings is 1. The molecule has 1 aromatic rings. The van der Waals surface area contributed by atoms with Gasteiger partial charge in [0.1, 0.15) is 0 Å². The number of aromatic nitrogens is 1. The van der Waals surface area contributed by atoms with Crippen molar-refractivity contribution in [2.75, 3.05) is 6.54 Å². The zero-order chi connectivity index (χ0) is 10.2. The summed E-state index contributed by atoms with van der Waals surface area (Å²) in [7, 11) is 0. The van der Waals surface area contributed by atoms with Gasteiger partial charge in [0, 0.05) is 25.4 Å². The monoisotopic (exact) mass is 190 g/mol. The van der Waals surface area contributed by atoms with Crippen molar-refractivity contribution in [3.63, 3.8) is 0 Å². The predicted octanol–water partition coefficient (Wildman–Crippen LogP) is 1.62. The van der Waals surface area contributed by atoms with Crippen LogP contribution in [0.1, 0.15) is 18.4 Å². The number of nitrogens with zero attached hydrogens (tertiary/aromatic N) is 1. The zero-order valence-electron chi connectivity index (χ0n) is 8.07. The lowest BCUT2D eigenvalue weighted by atomic mass is 10.3. The minimum atomic E-state index is 0.204. The van der Waals surface area contributed by atoms with Gasteiger partial charge in [-0.1, -0.05) is 12.7 Å². The van der Waals surface area contributed by atoms with Gasteiger partial charge in [-0.2, -0.15) is 0 Å². The Hall–Kier alpha value is -1.64. The van der Waals surface area contributed by atoms with E-state index in [9.17, 15) is 4.79 Å². The number of carbonyl (C=O) groups excluding carboxylic acids is 1. The fourth-order valence-electron chi connectivity index (χ4n) is 1.06. The first kappa shape index (κ1) is 10.4. The van der Waals surface area contributed by atoms with Crippen LogP contribution < -0.4 is 5.32 Å². The van der Waals surface area contributed by atoms with E-state index in [-0.39, 0.29) is 5.91 Å². The summed E-state index contributed by atoms with van der Waals surface area (Å²) < 4.78 is 0. The van der Waals surface area contributed by atoms with Crippen LogP contribution >= 0.6 is 0 Å². The third kappa shape index (κ3) is 3.85. The molecule has 0 atom stereocenters. The number of nitrogens with one attached hydrogen (secondary N) is 1. The molecule has 1 fully saturated rings. The standard InChI is InChI=1S/C7H7N.C4H7NO/c1-2-7-3-5-8-6-4-7;6-4-2-1-3-5-4/h2-6H,1H2;1-3H2,(H,5,6). The molecule has 1 aromatic heterocycles. The topological polar surface area (TPSA) is 42.0 Å². The molecule has 2 rings (SSSR count). The second-order valence-electron chi connectivity index (χ2n) is 2.94. The molecule has 1 saturated heterocycles. The molecule has 1 amide bonds. The van der Waals surface area contributed by atoms with Gasteiger partial charge >= 0.3 is 0 Å². The average Bonchev–Trinajstić information content (AvgIpc) is 2.71. The molecule has 0 spiro atoms. The zero-order valence-corrected chi connectivity index (χ0v) is 8.07. The van der Waals surface area contributed by atoms with Crippen LogP contribution in [0.4, 0.5) is 0 Å². The van der Waals surface area contributed by atoms with Crippen molar-refractivity contribution in [2.45, 2.75) is 12.8 Å². The molecule has 0 radical (unpaired) electrons. The number of rotatable bonds is 1. The van der Waals surface area contributed by atoms with E-state index in [0.717, 1.165) is 24.9 Å². The van der Waals surface area contributed by atoms with Gasteiger partial charge in [0.15, 0.2) is 0 Å². The fraction of sp³-hybridized carbons (Fsp3) is 0.273. The molecular formula is C11H14N2O. The Balaban J connectivity index is 0.000000146. The highest BCUT2D eigenvalue weighted by Gasteiger charge is 2.05. The van der Waals surface area contributed by atoms with Crippen molar-refractivity contribution in [2.24, 2.45) is 0 Å². The maximum absolute atomic E-state index is 10.1. The van der Waals surface area contributed by atoms with Crippen molar-refractivity contribution in [1.29, 1.82) is 0 Å². The highest BCUT2D eigenvalue weighted by molar-refractivity contribution is 5.77. The summed E-state index contributed by atoms with van der Waals surface area (Å²) in [4.78, 5) is 14.0. The Bertz CT molecular complexity index is 287. The Morgan fingerprint density at radius 3 is 2.43 bits per heavy atom. The highest BCUT2D eigenvalue weighted by atomic mass is 16.1. The van der Waals surface area contributed by atoms with Crippen LogP contribution in [0.5, 0.6) is 0 Å². The lowest BCUT2D eigenvalue weighted by molar-refractivity contribution is -0.119. The summed E-state index contributed by atoms with van der Waals surface area (Å²) in [5, 5.41) is 2.68. The van der Waals surface area contributed by atoms with Gasteiger partial charge in [-0.15, -0.1) is 0 Å². The van der Waals surface area contributed by atoms with Crippen molar-refractivity contribution >= 4 is 12.0 Å². The van der Waals surface area contributed by atoms with Gasteiger partial charge in [-0.3, -0.25) is 9.78 Å². The number of amides is 1. The van der Waals surface area contributed by atoms with E-state index in [1.807, 2.05) is 12.1 Å². The number of hydrogen-bond acceptors (Lipinski definition) is 2. The third-order valence-electron chi connectivity index (χ3n) is 1.84. The smallest absolute Gasteiger partial charge is 0.220 e. The van der Waals surface area contributed by atoms with E-state index in [1.54, 1.807) is 18.5 Å². The van der Waals surface area contributed by atoms with E-state index in [4.69, 9.17) is 0 Å². The summed E-state index contributed by atoms with van der Waals surface area (Å²) >= 11 is 0. The molecule has 74 valence electrons. The molecule has 1 aliphatic rings. The molecule has 0 aliphatic carbocycles. The molecule has 1 N–H and O–H groups in total. The van der Waals surface area contributed by atoms with E-state index in [0.29, 0.717) is 0 Å². The van der Waals surface area contributed by atoms with Crippen molar-refractivity contribution in [1.82, 2.24) is 10.3 Å². The first-order valence-corrected chi connectivity index (χ1v) is 4.62. The Labute approximate surface area is 83.9 Å². The Morgan fingerprint density at radius 1 is 1.43 bits per heavy atom. The minimum absolute atomic E-state index is 0.204. The summed E-state index contributed by atoms with van der Waals surface area (Å²) in [6, 6.07) is 3.82. The molecule has 2 heterocycles.